The van der Waals surface area contributed by atoms with Crippen LogP contribution in [0.1, 0.15) is 16.7 Å². The number of nitriles is 1. The van der Waals surface area contributed by atoms with E-state index in [0.29, 0.717) is 5.56 Å². The molecule has 0 fully saturated rings. The predicted molar refractivity (Wildman–Crippen MR) is 67.7 cm³/mol. The lowest BCUT2D eigenvalue weighted by molar-refractivity contribution is 0.473. The molecule has 2 heteroatoms. The van der Waals surface area contributed by atoms with Crippen molar-refractivity contribution in [2.75, 3.05) is 0 Å². The Balaban J connectivity index is 2.57. The minimum atomic E-state index is 0.0284. The van der Waals surface area contributed by atoms with Crippen LogP contribution in [0.3, 0.4) is 0 Å². The highest BCUT2D eigenvalue weighted by molar-refractivity contribution is 5.68. The molecule has 0 spiro atoms. The first-order chi connectivity index (χ1) is 8.10. The van der Waals surface area contributed by atoms with E-state index in [2.05, 4.69) is 18.2 Å². The number of aromatic hydroxyl groups is 1. The summed E-state index contributed by atoms with van der Waals surface area (Å²) < 4.78 is 0. The van der Waals surface area contributed by atoms with E-state index in [4.69, 9.17) is 5.26 Å². The van der Waals surface area contributed by atoms with Crippen molar-refractivity contribution in [2.24, 2.45) is 0 Å². The number of nitrogens with zero attached hydrogens (tertiary/aromatic N) is 1. The quantitative estimate of drug-likeness (QED) is 0.803. The monoisotopic (exact) mass is 223 g/mol. The van der Waals surface area contributed by atoms with Gasteiger partial charge in [-0.15, -0.1) is 0 Å². The van der Waals surface area contributed by atoms with Gasteiger partial charge in [-0.05, 0) is 37.1 Å². The number of phenols is 1. The molecule has 2 aromatic carbocycles. The summed E-state index contributed by atoms with van der Waals surface area (Å²) in [7, 11) is 0. The van der Waals surface area contributed by atoms with E-state index in [1.54, 1.807) is 12.1 Å². The van der Waals surface area contributed by atoms with Gasteiger partial charge in [-0.25, -0.2) is 0 Å². The van der Waals surface area contributed by atoms with Crippen molar-refractivity contribution in [3.8, 4) is 22.9 Å². The fourth-order valence-corrected chi connectivity index (χ4v) is 1.95. The van der Waals surface area contributed by atoms with Crippen molar-refractivity contribution >= 4 is 0 Å². The largest absolute Gasteiger partial charge is 0.507 e. The Morgan fingerprint density at radius 1 is 0.941 bits per heavy atom. The van der Waals surface area contributed by atoms with Crippen LogP contribution in [0, 0.1) is 25.2 Å². The zero-order valence-corrected chi connectivity index (χ0v) is 9.86. The van der Waals surface area contributed by atoms with Crippen LogP contribution < -0.4 is 0 Å². The third-order valence-electron chi connectivity index (χ3n) is 2.67. The van der Waals surface area contributed by atoms with Crippen LogP contribution in [0.2, 0.25) is 0 Å². The standard InChI is InChI=1S/C15H13NO/c1-10-5-11(2)7-13(6-10)12-3-4-15(17)14(8-12)9-16/h3-8,17H,1-2H3. The summed E-state index contributed by atoms with van der Waals surface area (Å²) in [6.07, 6.45) is 0. The summed E-state index contributed by atoms with van der Waals surface area (Å²) in [6.45, 7) is 4.09. The molecule has 0 bridgehead atoms. The van der Waals surface area contributed by atoms with Crippen LogP contribution >= 0.6 is 0 Å². The third kappa shape index (κ3) is 2.29. The summed E-state index contributed by atoms with van der Waals surface area (Å²) in [5.74, 6) is 0.0284. The van der Waals surface area contributed by atoms with Gasteiger partial charge in [0.1, 0.15) is 11.8 Å². The highest BCUT2D eigenvalue weighted by atomic mass is 16.3. The molecule has 0 aliphatic carbocycles. The normalized spacial score (nSPS) is 9.94. The average Bonchev–Trinajstić information content (AvgIpc) is 2.28. The summed E-state index contributed by atoms with van der Waals surface area (Å²) in [5.41, 5.74) is 4.70. The van der Waals surface area contributed by atoms with Gasteiger partial charge < -0.3 is 5.11 Å². The van der Waals surface area contributed by atoms with Gasteiger partial charge in [-0.2, -0.15) is 5.26 Å². The SMILES string of the molecule is Cc1cc(C)cc(-c2ccc(O)c(C#N)c2)c1. The van der Waals surface area contributed by atoms with Crippen molar-refractivity contribution in [1.82, 2.24) is 0 Å². The maximum atomic E-state index is 9.47. The second-order valence-corrected chi connectivity index (χ2v) is 4.22. The molecule has 1 N–H and O–H groups in total. The average molecular weight is 223 g/mol. The van der Waals surface area contributed by atoms with Crippen molar-refractivity contribution < 1.29 is 5.11 Å². The van der Waals surface area contributed by atoms with Gasteiger partial charge >= 0.3 is 0 Å². The van der Waals surface area contributed by atoms with E-state index in [0.717, 1.165) is 11.1 Å². The Hall–Kier alpha value is -2.27. The number of rotatable bonds is 1. The van der Waals surface area contributed by atoms with Gasteiger partial charge in [-0.1, -0.05) is 35.4 Å². The molecule has 0 radical (unpaired) electrons. The number of hydrogen-bond donors (Lipinski definition) is 1. The van der Waals surface area contributed by atoms with Crippen molar-refractivity contribution in [1.29, 1.82) is 5.26 Å². The Morgan fingerprint density at radius 3 is 2.18 bits per heavy atom. The van der Waals surface area contributed by atoms with Crippen molar-refractivity contribution in [2.45, 2.75) is 13.8 Å². The lowest BCUT2D eigenvalue weighted by Gasteiger charge is -2.06. The summed E-state index contributed by atoms with van der Waals surface area (Å²) in [5, 5.41) is 18.4. The zero-order valence-electron chi connectivity index (χ0n) is 9.86. The topological polar surface area (TPSA) is 44.0 Å². The van der Waals surface area contributed by atoms with E-state index in [-0.39, 0.29) is 5.75 Å². The fraction of sp³-hybridized carbons (Fsp3) is 0.133. The molecule has 17 heavy (non-hydrogen) atoms. The van der Waals surface area contributed by atoms with E-state index < -0.39 is 0 Å². The van der Waals surface area contributed by atoms with E-state index in [9.17, 15) is 5.11 Å². The predicted octanol–water partition coefficient (Wildman–Crippen LogP) is 3.55. The molecule has 0 amide bonds. The van der Waals surface area contributed by atoms with E-state index in [1.807, 2.05) is 26.0 Å². The fourth-order valence-electron chi connectivity index (χ4n) is 1.95. The smallest absolute Gasteiger partial charge is 0.133 e. The van der Waals surface area contributed by atoms with Gasteiger partial charge in [0, 0.05) is 0 Å². The lowest BCUT2D eigenvalue weighted by Crippen LogP contribution is -1.84. The van der Waals surface area contributed by atoms with Crippen LogP contribution in [0.5, 0.6) is 5.75 Å². The third-order valence-corrected chi connectivity index (χ3v) is 2.67. The van der Waals surface area contributed by atoms with Gasteiger partial charge in [0.25, 0.3) is 0 Å². The van der Waals surface area contributed by atoms with Crippen LogP contribution in [-0.4, -0.2) is 5.11 Å². The number of aryl methyl sites for hydroxylation is 2. The molecule has 0 aliphatic rings. The Kier molecular flexibility index (Phi) is 2.84. The molecule has 0 atom stereocenters. The number of phenolic OH excluding ortho intramolecular Hbond substituents is 1. The minimum absolute atomic E-state index is 0.0284. The molecule has 84 valence electrons. The molecule has 0 aliphatic heterocycles. The summed E-state index contributed by atoms with van der Waals surface area (Å²) in [4.78, 5) is 0. The van der Waals surface area contributed by atoms with E-state index >= 15 is 0 Å². The summed E-state index contributed by atoms with van der Waals surface area (Å²) >= 11 is 0. The molecule has 2 rings (SSSR count). The van der Waals surface area contributed by atoms with E-state index in [1.165, 1.54) is 11.1 Å². The van der Waals surface area contributed by atoms with Crippen LogP contribution in [-0.2, 0) is 0 Å². The van der Waals surface area contributed by atoms with Crippen LogP contribution in [0.25, 0.3) is 11.1 Å². The second-order valence-electron chi connectivity index (χ2n) is 4.22. The van der Waals surface area contributed by atoms with Gasteiger partial charge in [0.15, 0.2) is 0 Å². The number of hydrogen-bond acceptors (Lipinski definition) is 2. The van der Waals surface area contributed by atoms with Gasteiger partial charge in [0.2, 0.25) is 0 Å². The number of benzene rings is 2. The first kappa shape index (κ1) is 11.2. The Morgan fingerprint density at radius 2 is 1.59 bits per heavy atom. The maximum Gasteiger partial charge on any atom is 0.133 e. The summed E-state index contributed by atoms with van der Waals surface area (Å²) in [6, 6.07) is 13.3. The molecular weight excluding hydrogens is 210 g/mol. The van der Waals surface area contributed by atoms with Crippen LogP contribution in [0.4, 0.5) is 0 Å². The maximum absolute atomic E-state index is 9.47. The zero-order chi connectivity index (χ0) is 12.4. The first-order valence-corrected chi connectivity index (χ1v) is 5.42. The van der Waals surface area contributed by atoms with Crippen LogP contribution in [0.15, 0.2) is 36.4 Å². The first-order valence-electron chi connectivity index (χ1n) is 5.42. The Bertz CT molecular complexity index is 589. The molecule has 2 nitrogen and oxygen atoms in total. The molecule has 2 aromatic rings. The molecule has 0 unspecified atom stereocenters. The lowest BCUT2D eigenvalue weighted by atomic mass is 9.99. The van der Waals surface area contributed by atoms with Gasteiger partial charge in [0.05, 0.1) is 5.56 Å². The highest BCUT2D eigenvalue weighted by Gasteiger charge is 2.04. The molecule has 0 saturated heterocycles. The second kappa shape index (κ2) is 4.31. The van der Waals surface area contributed by atoms with Crippen molar-refractivity contribution in [3.63, 3.8) is 0 Å². The van der Waals surface area contributed by atoms with Gasteiger partial charge in [-0.3, -0.25) is 0 Å². The highest BCUT2D eigenvalue weighted by Crippen LogP contribution is 2.26. The molecule has 0 saturated carbocycles. The molecule has 0 heterocycles. The molecule has 0 aromatic heterocycles. The minimum Gasteiger partial charge on any atom is -0.507 e. The van der Waals surface area contributed by atoms with Crippen molar-refractivity contribution in [3.05, 3.63) is 53.1 Å². The Labute approximate surface area is 101 Å². The molecular formula is C15H13NO.